The molecule has 0 amide bonds. The average molecular weight is 254 g/mol. The van der Waals surface area contributed by atoms with Gasteiger partial charge >= 0.3 is 0 Å². The van der Waals surface area contributed by atoms with E-state index in [1.807, 2.05) is 12.1 Å². The zero-order chi connectivity index (χ0) is 12.4. The van der Waals surface area contributed by atoms with Crippen molar-refractivity contribution in [1.29, 1.82) is 0 Å². The first kappa shape index (κ1) is 12.3. The Hall–Kier alpha value is -1.19. The van der Waals surface area contributed by atoms with Gasteiger partial charge in [-0.25, -0.2) is 0 Å². The van der Waals surface area contributed by atoms with Crippen LogP contribution >= 0.6 is 11.6 Å². The Morgan fingerprint density at radius 2 is 2.18 bits per heavy atom. The maximum Gasteiger partial charge on any atom is 0.138 e. The van der Waals surface area contributed by atoms with E-state index in [1.54, 1.807) is 7.11 Å². The maximum atomic E-state index is 8.88. The second kappa shape index (κ2) is 4.98. The van der Waals surface area contributed by atoms with Gasteiger partial charge in [-0.05, 0) is 31.0 Å². The Kier molecular flexibility index (Phi) is 3.60. The molecule has 0 fully saturated rings. The van der Waals surface area contributed by atoms with Crippen LogP contribution in [0.3, 0.4) is 0 Å². The van der Waals surface area contributed by atoms with Crippen molar-refractivity contribution in [3.05, 3.63) is 28.9 Å². The third-order valence-electron chi connectivity index (χ3n) is 2.91. The summed E-state index contributed by atoms with van der Waals surface area (Å²) in [5, 5.41) is 10.6. The van der Waals surface area contributed by atoms with Crippen molar-refractivity contribution in [3.8, 4) is 5.75 Å². The van der Waals surface area contributed by atoms with Gasteiger partial charge in [0.05, 0.1) is 17.6 Å². The Labute approximate surface area is 106 Å². The minimum Gasteiger partial charge on any atom is -0.495 e. The van der Waals surface area contributed by atoms with Gasteiger partial charge in [-0.3, -0.25) is 0 Å². The van der Waals surface area contributed by atoms with Crippen LogP contribution in [0.5, 0.6) is 5.75 Å². The minimum atomic E-state index is 0.197. The van der Waals surface area contributed by atoms with E-state index in [2.05, 4.69) is 17.7 Å². The van der Waals surface area contributed by atoms with Crippen molar-refractivity contribution >= 4 is 22.5 Å². The molecule has 1 aromatic heterocycles. The van der Waals surface area contributed by atoms with E-state index in [9.17, 15) is 0 Å². The third-order valence-corrected chi connectivity index (χ3v) is 3.21. The van der Waals surface area contributed by atoms with E-state index in [4.69, 9.17) is 21.4 Å². The number of aliphatic hydroxyl groups excluding tert-OH is 1. The molecule has 0 spiro atoms. The minimum absolute atomic E-state index is 0.197. The summed E-state index contributed by atoms with van der Waals surface area (Å²) in [6, 6.07) is 3.88. The zero-order valence-electron chi connectivity index (χ0n) is 10.0. The summed E-state index contributed by atoms with van der Waals surface area (Å²) in [5.41, 5.74) is 2.27. The molecule has 0 unspecified atom stereocenters. The highest BCUT2D eigenvalue weighted by Crippen LogP contribution is 2.32. The van der Waals surface area contributed by atoms with E-state index in [0.717, 1.165) is 23.9 Å². The number of nitrogens with zero attached hydrogens (tertiary/aromatic N) is 1. The van der Waals surface area contributed by atoms with Crippen molar-refractivity contribution in [2.75, 3.05) is 13.7 Å². The number of fused-ring (bicyclic) bond motifs is 1. The fraction of sp³-hybridized carbons (Fsp3) is 0.385. The van der Waals surface area contributed by atoms with Gasteiger partial charge in [0, 0.05) is 24.7 Å². The van der Waals surface area contributed by atoms with Gasteiger partial charge in [-0.15, -0.1) is 0 Å². The summed E-state index contributed by atoms with van der Waals surface area (Å²) in [6.45, 7) is 3.05. The van der Waals surface area contributed by atoms with Crippen LogP contribution in [-0.2, 0) is 6.54 Å². The average Bonchev–Trinajstić information content (AvgIpc) is 2.62. The van der Waals surface area contributed by atoms with E-state index in [-0.39, 0.29) is 6.61 Å². The summed E-state index contributed by atoms with van der Waals surface area (Å²) in [5.74, 6) is 0.696. The number of hydrogen-bond donors (Lipinski definition) is 1. The van der Waals surface area contributed by atoms with Crippen molar-refractivity contribution < 1.29 is 9.84 Å². The molecular formula is C13H16ClNO2. The first-order valence-corrected chi connectivity index (χ1v) is 5.99. The number of benzene rings is 1. The fourth-order valence-electron chi connectivity index (χ4n) is 2.05. The zero-order valence-corrected chi connectivity index (χ0v) is 10.8. The molecule has 0 aliphatic heterocycles. The first-order chi connectivity index (χ1) is 8.17. The highest BCUT2D eigenvalue weighted by molar-refractivity contribution is 6.32. The molecule has 92 valence electrons. The largest absolute Gasteiger partial charge is 0.495 e. The molecule has 4 heteroatoms. The van der Waals surface area contributed by atoms with Crippen molar-refractivity contribution in [2.24, 2.45) is 0 Å². The summed E-state index contributed by atoms with van der Waals surface area (Å²) < 4.78 is 7.33. The lowest BCUT2D eigenvalue weighted by Crippen LogP contribution is -1.98. The number of methoxy groups -OCH3 is 1. The van der Waals surface area contributed by atoms with Crippen molar-refractivity contribution in [1.82, 2.24) is 4.57 Å². The molecule has 1 N–H and O–H groups in total. The molecule has 2 rings (SSSR count). The number of hydrogen-bond acceptors (Lipinski definition) is 2. The van der Waals surface area contributed by atoms with Crippen LogP contribution in [-0.4, -0.2) is 23.4 Å². The van der Waals surface area contributed by atoms with Crippen molar-refractivity contribution in [3.63, 3.8) is 0 Å². The molecule has 0 saturated heterocycles. The third kappa shape index (κ3) is 2.26. The molecule has 0 bridgehead atoms. The molecule has 17 heavy (non-hydrogen) atoms. The number of rotatable bonds is 4. The lowest BCUT2D eigenvalue weighted by molar-refractivity contribution is 0.280. The number of aryl methyl sites for hydroxylation is 2. The summed E-state index contributed by atoms with van der Waals surface area (Å²) >= 11 is 6.13. The van der Waals surface area contributed by atoms with Gasteiger partial charge in [-0.1, -0.05) is 11.6 Å². The predicted molar refractivity (Wildman–Crippen MR) is 69.9 cm³/mol. The molecule has 0 aliphatic carbocycles. The monoisotopic (exact) mass is 253 g/mol. The van der Waals surface area contributed by atoms with Gasteiger partial charge in [0.25, 0.3) is 0 Å². The van der Waals surface area contributed by atoms with Gasteiger partial charge in [0.1, 0.15) is 5.75 Å². The van der Waals surface area contributed by atoms with Crippen LogP contribution in [0.25, 0.3) is 10.9 Å². The molecule has 0 atom stereocenters. The summed E-state index contributed by atoms with van der Waals surface area (Å²) in [4.78, 5) is 0. The maximum absolute atomic E-state index is 8.88. The number of halogens is 1. The predicted octanol–water partition coefficient (Wildman–Crippen LogP) is 2.99. The van der Waals surface area contributed by atoms with Crippen LogP contribution in [0, 0.1) is 6.92 Å². The number of aliphatic hydroxyl groups is 1. The van der Waals surface area contributed by atoms with Crippen LogP contribution in [0.1, 0.15) is 12.0 Å². The van der Waals surface area contributed by atoms with Crippen LogP contribution in [0.2, 0.25) is 5.02 Å². The molecular weight excluding hydrogens is 238 g/mol. The Morgan fingerprint density at radius 1 is 1.41 bits per heavy atom. The van der Waals surface area contributed by atoms with Crippen LogP contribution in [0.15, 0.2) is 18.3 Å². The Balaban J connectivity index is 2.54. The van der Waals surface area contributed by atoms with Gasteiger partial charge < -0.3 is 14.4 Å². The van der Waals surface area contributed by atoms with Gasteiger partial charge in [0.2, 0.25) is 0 Å². The summed E-state index contributed by atoms with van der Waals surface area (Å²) in [7, 11) is 1.62. The van der Waals surface area contributed by atoms with E-state index in [0.29, 0.717) is 10.8 Å². The quantitative estimate of drug-likeness (QED) is 0.909. The molecule has 0 radical (unpaired) electrons. The standard InChI is InChI=1S/C13H16ClNO2/c1-9-8-15(4-3-5-16)12-7-11(14)13(17-2)6-10(9)12/h6-8,16H,3-5H2,1-2H3. The van der Waals surface area contributed by atoms with Crippen LogP contribution in [0.4, 0.5) is 0 Å². The fourth-order valence-corrected chi connectivity index (χ4v) is 2.29. The Morgan fingerprint density at radius 3 is 2.82 bits per heavy atom. The number of aromatic nitrogens is 1. The normalized spacial score (nSPS) is 11.1. The number of ether oxygens (including phenoxy) is 1. The van der Waals surface area contributed by atoms with E-state index >= 15 is 0 Å². The van der Waals surface area contributed by atoms with E-state index in [1.165, 1.54) is 5.56 Å². The van der Waals surface area contributed by atoms with Gasteiger partial charge in [-0.2, -0.15) is 0 Å². The molecule has 1 aromatic carbocycles. The SMILES string of the molecule is COc1cc2c(C)cn(CCCO)c2cc1Cl. The van der Waals surface area contributed by atoms with Gasteiger partial charge in [0.15, 0.2) is 0 Å². The highest BCUT2D eigenvalue weighted by Gasteiger charge is 2.10. The molecule has 0 saturated carbocycles. The first-order valence-electron chi connectivity index (χ1n) is 5.61. The van der Waals surface area contributed by atoms with Crippen molar-refractivity contribution in [2.45, 2.75) is 19.9 Å². The highest BCUT2D eigenvalue weighted by atomic mass is 35.5. The second-order valence-electron chi connectivity index (χ2n) is 4.09. The molecule has 1 heterocycles. The molecule has 2 aromatic rings. The lowest BCUT2D eigenvalue weighted by Gasteiger charge is -2.06. The topological polar surface area (TPSA) is 34.4 Å². The molecule has 0 aliphatic rings. The smallest absolute Gasteiger partial charge is 0.138 e. The summed E-state index contributed by atoms with van der Waals surface area (Å²) in [6.07, 6.45) is 2.82. The van der Waals surface area contributed by atoms with Crippen LogP contribution < -0.4 is 4.74 Å². The lowest BCUT2D eigenvalue weighted by atomic mass is 10.2. The molecule has 3 nitrogen and oxygen atoms in total. The van der Waals surface area contributed by atoms with E-state index < -0.39 is 0 Å². The Bertz CT molecular complexity index is 534. The second-order valence-corrected chi connectivity index (χ2v) is 4.49.